The van der Waals surface area contributed by atoms with Gasteiger partial charge in [0.1, 0.15) is 5.75 Å². The van der Waals surface area contributed by atoms with Gasteiger partial charge in [0.05, 0.1) is 7.11 Å². The first-order chi connectivity index (χ1) is 7.42. The number of para-hydroxylation sites is 1. The van der Waals surface area contributed by atoms with E-state index in [0.717, 1.165) is 12.3 Å². The molecule has 0 amide bonds. The molecule has 1 atom stereocenters. The third-order valence-electron chi connectivity index (χ3n) is 3.07. The molecule has 0 bridgehead atoms. The normalized spacial score (nSPS) is 22.1. The van der Waals surface area contributed by atoms with E-state index in [-0.39, 0.29) is 0 Å². The van der Waals surface area contributed by atoms with Crippen LogP contribution in [0, 0.1) is 0 Å². The lowest BCUT2D eigenvalue weighted by Crippen LogP contribution is -2.20. The van der Waals surface area contributed by atoms with Crippen LogP contribution in [0.25, 0.3) is 0 Å². The van der Waals surface area contributed by atoms with E-state index in [4.69, 9.17) is 4.74 Å². The van der Waals surface area contributed by atoms with Gasteiger partial charge in [-0.3, -0.25) is 0 Å². The lowest BCUT2D eigenvalue weighted by Gasteiger charge is -2.18. The Balaban J connectivity index is 2.18. The van der Waals surface area contributed by atoms with Gasteiger partial charge in [0, 0.05) is 11.6 Å². The highest BCUT2D eigenvalue weighted by Crippen LogP contribution is 2.29. The number of nitrogens with one attached hydrogen (secondary N) is 1. The Labute approximate surface area is 91.6 Å². The summed E-state index contributed by atoms with van der Waals surface area (Å²) in [6, 6.07) is 8.80. The molecule has 1 aromatic rings. The van der Waals surface area contributed by atoms with Crippen molar-refractivity contribution in [3.8, 4) is 5.75 Å². The van der Waals surface area contributed by atoms with Crippen LogP contribution in [0.1, 0.15) is 37.3 Å². The fourth-order valence-corrected chi connectivity index (χ4v) is 2.25. The van der Waals surface area contributed by atoms with Gasteiger partial charge < -0.3 is 10.1 Å². The van der Waals surface area contributed by atoms with Gasteiger partial charge in [-0.15, -0.1) is 0 Å². The van der Waals surface area contributed by atoms with Crippen molar-refractivity contribution in [2.24, 2.45) is 0 Å². The van der Waals surface area contributed by atoms with Gasteiger partial charge in [0.15, 0.2) is 0 Å². The molecule has 1 heterocycles. The van der Waals surface area contributed by atoms with E-state index in [1.165, 1.54) is 31.2 Å². The van der Waals surface area contributed by atoms with Crippen LogP contribution in [-0.4, -0.2) is 13.7 Å². The molecule has 0 aromatic heterocycles. The lowest BCUT2D eigenvalue weighted by molar-refractivity contribution is 0.397. The van der Waals surface area contributed by atoms with Crippen LogP contribution >= 0.6 is 0 Å². The maximum atomic E-state index is 5.40. The average Bonchev–Trinajstić information content (AvgIpc) is 2.57. The molecule has 82 valence electrons. The number of hydrogen-bond acceptors (Lipinski definition) is 2. The van der Waals surface area contributed by atoms with Crippen molar-refractivity contribution in [3.05, 3.63) is 29.8 Å². The molecule has 2 rings (SSSR count). The maximum Gasteiger partial charge on any atom is 0.123 e. The molecular formula is C13H19NO. The standard InChI is InChI=1S/C13H19NO/c1-15-13-9-5-4-7-11(13)12-8-3-2-6-10-14-12/h4-5,7,9,12,14H,2-3,6,8,10H2,1H3/t12-/m1/s1. The number of hydrogen-bond donors (Lipinski definition) is 1. The Morgan fingerprint density at radius 2 is 2.07 bits per heavy atom. The zero-order chi connectivity index (χ0) is 10.5. The molecule has 15 heavy (non-hydrogen) atoms. The maximum absolute atomic E-state index is 5.40. The summed E-state index contributed by atoms with van der Waals surface area (Å²) in [6.45, 7) is 1.13. The van der Waals surface area contributed by atoms with Crippen molar-refractivity contribution in [1.29, 1.82) is 0 Å². The summed E-state index contributed by atoms with van der Waals surface area (Å²) in [5.74, 6) is 1.01. The summed E-state index contributed by atoms with van der Waals surface area (Å²) in [5.41, 5.74) is 1.31. The molecule has 1 fully saturated rings. The third-order valence-corrected chi connectivity index (χ3v) is 3.07. The summed E-state index contributed by atoms with van der Waals surface area (Å²) in [5, 5.41) is 3.59. The SMILES string of the molecule is COc1ccccc1[C@H]1CCCCCN1. The van der Waals surface area contributed by atoms with Crippen molar-refractivity contribution in [1.82, 2.24) is 5.32 Å². The molecule has 0 spiro atoms. The highest BCUT2D eigenvalue weighted by molar-refractivity contribution is 5.35. The highest BCUT2D eigenvalue weighted by atomic mass is 16.5. The summed E-state index contributed by atoms with van der Waals surface area (Å²) >= 11 is 0. The van der Waals surface area contributed by atoms with Crippen molar-refractivity contribution in [2.75, 3.05) is 13.7 Å². The molecule has 1 aromatic carbocycles. The Morgan fingerprint density at radius 1 is 1.20 bits per heavy atom. The monoisotopic (exact) mass is 205 g/mol. The van der Waals surface area contributed by atoms with Gasteiger partial charge in [0.2, 0.25) is 0 Å². The van der Waals surface area contributed by atoms with Gasteiger partial charge in [-0.1, -0.05) is 31.0 Å². The van der Waals surface area contributed by atoms with Crippen LogP contribution in [0.2, 0.25) is 0 Å². The van der Waals surface area contributed by atoms with E-state index in [0.29, 0.717) is 6.04 Å². The van der Waals surface area contributed by atoms with E-state index < -0.39 is 0 Å². The van der Waals surface area contributed by atoms with Gasteiger partial charge in [-0.25, -0.2) is 0 Å². The summed E-state index contributed by atoms with van der Waals surface area (Å²) in [6.07, 6.45) is 5.18. The fraction of sp³-hybridized carbons (Fsp3) is 0.538. The Hall–Kier alpha value is -1.02. The summed E-state index contributed by atoms with van der Waals surface area (Å²) < 4.78 is 5.40. The zero-order valence-corrected chi connectivity index (χ0v) is 9.33. The van der Waals surface area contributed by atoms with Crippen LogP contribution in [0.3, 0.4) is 0 Å². The first-order valence-corrected chi connectivity index (χ1v) is 5.78. The Morgan fingerprint density at radius 3 is 2.93 bits per heavy atom. The highest BCUT2D eigenvalue weighted by Gasteiger charge is 2.16. The number of methoxy groups -OCH3 is 1. The second-order valence-corrected chi connectivity index (χ2v) is 4.10. The minimum absolute atomic E-state index is 0.476. The second kappa shape index (κ2) is 5.17. The van der Waals surface area contributed by atoms with E-state index in [9.17, 15) is 0 Å². The first-order valence-electron chi connectivity index (χ1n) is 5.78. The zero-order valence-electron chi connectivity index (χ0n) is 9.33. The van der Waals surface area contributed by atoms with E-state index in [2.05, 4.69) is 17.4 Å². The second-order valence-electron chi connectivity index (χ2n) is 4.10. The topological polar surface area (TPSA) is 21.3 Å². The Kier molecular flexibility index (Phi) is 3.62. The summed E-state index contributed by atoms with van der Waals surface area (Å²) in [7, 11) is 1.75. The molecule has 0 saturated carbocycles. The van der Waals surface area contributed by atoms with E-state index in [1.807, 2.05) is 12.1 Å². The van der Waals surface area contributed by atoms with Crippen molar-refractivity contribution < 1.29 is 4.74 Å². The van der Waals surface area contributed by atoms with E-state index >= 15 is 0 Å². The number of ether oxygens (including phenoxy) is 1. The first kappa shape index (κ1) is 10.5. The Bertz CT molecular complexity index is 303. The fourth-order valence-electron chi connectivity index (χ4n) is 2.25. The minimum Gasteiger partial charge on any atom is -0.496 e. The molecule has 2 nitrogen and oxygen atoms in total. The third kappa shape index (κ3) is 2.51. The van der Waals surface area contributed by atoms with Crippen molar-refractivity contribution in [3.63, 3.8) is 0 Å². The molecule has 0 radical (unpaired) electrons. The van der Waals surface area contributed by atoms with Crippen LogP contribution in [0.4, 0.5) is 0 Å². The van der Waals surface area contributed by atoms with Crippen molar-refractivity contribution in [2.45, 2.75) is 31.7 Å². The predicted octanol–water partition coefficient (Wildman–Crippen LogP) is 2.90. The van der Waals surface area contributed by atoms with Crippen LogP contribution in [0.15, 0.2) is 24.3 Å². The van der Waals surface area contributed by atoms with Crippen LogP contribution in [0.5, 0.6) is 5.75 Å². The molecule has 1 aliphatic heterocycles. The molecule has 1 aliphatic rings. The quantitative estimate of drug-likeness (QED) is 0.801. The van der Waals surface area contributed by atoms with Gasteiger partial charge >= 0.3 is 0 Å². The molecule has 2 heteroatoms. The molecule has 1 saturated heterocycles. The largest absolute Gasteiger partial charge is 0.496 e. The molecular weight excluding hydrogens is 186 g/mol. The van der Waals surface area contributed by atoms with Crippen molar-refractivity contribution >= 4 is 0 Å². The smallest absolute Gasteiger partial charge is 0.123 e. The minimum atomic E-state index is 0.476. The predicted molar refractivity (Wildman–Crippen MR) is 62.2 cm³/mol. The van der Waals surface area contributed by atoms with Gasteiger partial charge in [0.25, 0.3) is 0 Å². The molecule has 0 unspecified atom stereocenters. The number of rotatable bonds is 2. The lowest BCUT2D eigenvalue weighted by atomic mass is 10.0. The molecule has 0 aliphatic carbocycles. The molecule has 1 N–H and O–H groups in total. The average molecular weight is 205 g/mol. The van der Waals surface area contributed by atoms with Crippen LogP contribution < -0.4 is 10.1 Å². The van der Waals surface area contributed by atoms with Crippen LogP contribution in [-0.2, 0) is 0 Å². The van der Waals surface area contributed by atoms with Gasteiger partial charge in [-0.2, -0.15) is 0 Å². The summed E-state index contributed by atoms with van der Waals surface area (Å²) in [4.78, 5) is 0. The van der Waals surface area contributed by atoms with E-state index in [1.54, 1.807) is 7.11 Å². The van der Waals surface area contributed by atoms with Gasteiger partial charge in [-0.05, 0) is 25.5 Å². The number of benzene rings is 1.